The minimum atomic E-state index is -0.206. The van der Waals surface area contributed by atoms with Crippen molar-refractivity contribution in [2.75, 3.05) is 5.32 Å². The zero-order valence-electron chi connectivity index (χ0n) is 13.0. The molecule has 0 radical (unpaired) electrons. The van der Waals surface area contributed by atoms with E-state index in [1.807, 2.05) is 42.5 Å². The van der Waals surface area contributed by atoms with Gasteiger partial charge in [0.2, 0.25) is 0 Å². The first-order valence-electron chi connectivity index (χ1n) is 7.58. The van der Waals surface area contributed by atoms with Crippen molar-refractivity contribution in [2.45, 2.75) is 13.0 Å². The van der Waals surface area contributed by atoms with Gasteiger partial charge in [-0.1, -0.05) is 42.5 Å². The zero-order valence-corrected chi connectivity index (χ0v) is 13.0. The Balaban J connectivity index is 1.64. The van der Waals surface area contributed by atoms with Crippen molar-refractivity contribution in [2.24, 2.45) is 0 Å². The van der Waals surface area contributed by atoms with Crippen LogP contribution >= 0.6 is 0 Å². The summed E-state index contributed by atoms with van der Waals surface area (Å²) < 4.78 is 1.74. The maximum atomic E-state index is 12.3. The minimum absolute atomic E-state index is 0.206. The maximum absolute atomic E-state index is 12.3. The van der Waals surface area contributed by atoms with E-state index in [9.17, 15) is 4.79 Å². The number of hydrogen-bond donors (Lipinski definition) is 1. The van der Waals surface area contributed by atoms with Gasteiger partial charge < -0.3 is 5.32 Å². The van der Waals surface area contributed by atoms with E-state index in [1.54, 1.807) is 29.2 Å². The Bertz CT molecular complexity index is 860. The Hall–Kier alpha value is -3.39. The van der Waals surface area contributed by atoms with Gasteiger partial charge in [-0.3, -0.25) is 9.48 Å². The second kappa shape index (κ2) is 7.25. The molecule has 0 atom stereocenters. The van der Waals surface area contributed by atoms with Gasteiger partial charge in [-0.05, 0) is 23.3 Å². The fraction of sp³-hybridized carbons (Fsp3) is 0.105. The van der Waals surface area contributed by atoms with Crippen molar-refractivity contribution < 1.29 is 4.79 Å². The van der Waals surface area contributed by atoms with Gasteiger partial charge >= 0.3 is 0 Å². The van der Waals surface area contributed by atoms with Crippen LogP contribution < -0.4 is 5.32 Å². The molecule has 1 amide bonds. The largest absolute Gasteiger partial charge is 0.322 e. The standard InChI is InChI=1S/C19H16N4O/c20-11-10-15-6-8-18(9-7-15)22-19(24)17-12-21-23(14-17)13-16-4-2-1-3-5-16/h1-9,12,14H,10,13H2,(H,22,24). The quantitative estimate of drug-likeness (QED) is 0.785. The van der Waals surface area contributed by atoms with E-state index in [-0.39, 0.29) is 5.91 Å². The third-order valence-electron chi connectivity index (χ3n) is 3.58. The number of rotatable bonds is 5. The van der Waals surface area contributed by atoms with Gasteiger partial charge in [-0.15, -0.1) is 0 Å². The predicted molar refractivity (Wildman–Crippen MR) is 91.5 cm³/mol. The first-order valence-corrected chi connectivity index (χ1v) is 7.58. The van der Waals surface area contributed by atoms with E-state index in [2.05, 4.69) is 16.5 Å². The van der Waals surface area contributed by atoms with Crippen molar-refractivity contribution in [3.8, 4) is 6.07 Å². The van der Waals surface area contributed by atoms with Crippen LogP contribution in [0.15, 0.2) is 67.0 Å². The molecule has 3 aromatic rings. The molecule has 1 aromatic heterocycles. The topological polar surface area (TPSA) is 70.7 Å². The van der Waals surface area contributed by atoms with Gasteiger partial charge in [0.15, 0.2) is 0 Å². The summed E-state index contributed by atoms with van der Waals surface area (Å²) in [7, 11) is 0. The van der Waals surface area contributed by atoms with Crippen molar-refractivity contribution in [1.82, 2.24) is 9.78 Å². The summed E-state index contributed by atoms with van der Waals surface area (Å²) in [6.07, 6.45) is 3.65. The molecule has 0 aliphatic heterocycles. The molecule has 118 valence electrons. The maximum Gasteiger partial charge on any atom is 0.258 e. The number of aromatic nitrogens is 2. The summed E-state index contributed by atoms with van der Waals surface area (Å²) in [6.45, 7) is 0.622. The average Bonchev–Trinajstić information content (AvgIpc) is 3.06. The van der Waals surface area contributed by atoms with E-state index >= 15 is 0 Å². The molecule has 1 heterocycles. The molecule has 0 unspecified atom stereocenters. The molecule has 0 fully saturated rings. The smallest absolute Gasteiger partial charge is 0.258 e. The Kier molecular flexibility index (Phi) is 4.68. The van der Waals surface area contributed by atoms with Crippen molar-refractivity contribution >= 4 is 11.6 Å². The lowest BCUT2D eigenvalue weighted by Crippen LogP contribution is -2.11. The third-order valence-corrected chi connectivity index (χ3v) is 3.58. The lowest BCUT2D eigenvalue weighted by molar-refractivity contribution is 0.102. The normalized spacial score (nSPS) is 10.1. The number of amides is 1. The Labute approximate surface area is 140 Å². The summed E-state index contributed by atoms with van der Waals surface area (Å²) in [4.78, 5) is 12.3. The van der Waals surface area contributed by atoms with Gasteiger partial charge in [0.25, 0.3) is 5.91 Å². The number of nitrogens with one attached hydrogen (secondary N) is 1. The molecule has 2 aromatic carbocycles. The van der Waals surface area contributed by atoms with E-state index in [0.29, 0.717) is 24.2 Å². The van der Waals surface area contributed by atoms with Crippen LogP contribution in [0.2, 0.25) is 0 Å². The molecular formula is C19H16N4O. The third kappa shape index (κ3) is 3.87. The number of carbonyl (C=O) groups excluding carboxylic acids is 1. The monoisotopic (exact) mass is 316 g/mol. The Morgan fingerprint density at radius 1 is 1.08 bits per heavy atom. The summed E-state index contributed by atoms with van der Waals surface area (Å²) in [5, 5.41) is 15.7. The van der Waals surface area contributed by atoms with Gasteiger partial charge in [0.1, 0.15) is 0 Å². The van der Waals surface area contributed by atoms with Gasteiger partial charge in [-0.2, -0.15) is 10.4 Å². The number of nitriles is 1. The predicted octanol–water partition coefficient (Wildman–Crippen LogP) is 3.25. The molecule has 0 aliphatic carbocycles. The second-order valence-electron chi connectivity index (χ2n) is 5.40. The molecule has 0 aliphatic rings. The van der Waals surface area contributed by atoms with Crippen LogP contribution in [-0.4, -0.2) is 15.7 Å². The highest BCUT2D eigenvalue weighted by Gasteiger charge is 2.09. The SMILES string of the molecule is N#CCc1ccc(NC(=O)c2cnn(Cc3ccccc3)c2)cc1. The molecular weight excluding hydrogens is 300 g/mol. The van der Waals surface area contributed by atoms with E-state index < -0.39 is 0 Å². The first kappa shape index (κ1) is 15.5. The van der Waals surface area contributed by atoms with Gasteiger partial charge in [0, 0.05) is 11.9 Å². The number of carbonyl (C=O) groups is 1. The lowest BCUT2D eigenvalue weighted by Gasteiger charge is -2.04. The van der Waals surface area contributed by atoms with Crippen LogP contribution in [0.3, 0.4) is 0 Å². The van der Waals surface area contributed by atoms with Crippen molar-refractivity contribution in [1.29, 1.82) is 5.26 Å². The lowest BCUT2D eigenvalue weighted by atomic mass is 10.1. The Morgan fingerprint density at radius 3 is 2.54 bits per heavy atom. The van der Waals surface area contributed by atoms with Crippen LogP contribution in [0.25, 0.3) is 0 Å². The number of nitrogens with zero attached hydrogens (tertiary/aromatic N) is 3. The average molecular weight is 316 g/mol. The van der Waals surface area contributed by atoms with E-state index in [1.165, 1.54) is 0 Å². The molecule has 0 saturated carbocycles. The van der Waals surface area contributed by atoms with Crippen molar-refractivity contribution in [3.63, 3.8) is 0 Å². The molecule has 0 saturated heterocycles. The number of hydrogen-bond acceptors (Lipinski definition) is 3. The van der Waals surface area contributed by atoms with E-state index in [0.717, 1.165) is 11.1 Å². The van der Waals surface area contributed by atoms with Crippen molar-refractivity contribution in [3.05, 3.63) is 83.7 Å². The minimum Gasteiger partial charge on any atom is -0.322 e. The molecule has 0 spiro atoms. The molecule has 5 heteroatoms. The zero-order chi connectivity index (χ0) is 16.8. The Morgan fingerprint density at radius 2 is 1.83 bits per heavy atom. The van der Waals surface area contributed by atoms with Gasteiger partial charge in [-0.25, -0.2) is 0 Å². The summed E-state index contributed by atoms with van der Waals surface area (Å²) in [6, 6.07) is 19.3. The second-order valence-corrected chi connectivity index (χ2v) is 5.40. The molecule has 24 heavy (non-hydrogen) atoms. The van der Waals surface area contributed by atoms with Crippen LogP contribution in [0.4, 0.5) is 5.69 Å². The first-order chi connectivity index (χ1) is 11.7. The number of benzene rings is 2. The fourth-order valence-corrected chi connectivity index (χ4v) is 2.34. The van der Waals surface area contributed by atoms with Crippen LogP contribution in [0.5, 0.6) is 0 Å². The summed E-state index contributed by atoms with van der Waals surface area (Å²) in [5.41, 5.74) is 3.25. The van der Waals surface area contributed by atoms with Gasteiger partial charge in [0.05, 0.1) is 30.8 Å². The highest BCUT2D eigenvalue weighted by Crippen LogP contribution is 2.12. The van der Waals surface area contributed by atoms with Crippen LogP contribution in [0, 0.1) is 11.3 Å². The molecule has 0 bridgehead atoms. The fourth-order valence-electron chi connectivity index (χ4n) is 2.34. The highest BCUT2D eigenvalue weighted by atomic mass is 16.1. The highest BCUT2D eigenvalue weighted by molar-refractivity contribution is 6.03. The van der Waals surface area contributed by atoms with Crippen LogP contribution in [-0.2, 0) is 13.0 Å². The molecule has 3 rings (SSSR count). The summed E-state index contributed by atoms with van der Waals surface area (Å²) in [5.74, 6) is -0.206. The van der Waals surface area contributed by atoms with E-state index in [4.69, 9.17) is 5.26 Å². The number of anilines is 1. The summed E-state index contributed by atoms with van der Waals surface area (Å²) >= 11 is 0. The molecule has 5 nitrogen and oxygen atoms in total. The molecule has 1 N–H and O–H groups in total. The van der Waals surface area contributed by atoms with Crippen LogP contribution in [0.1, 0.15) is 21.5 Å².